The van der Waals surface area contributed by atoms with E-state index in [9.17, 15) is 0 Å². The monoisotopic (exact) mass is 228 g/mol. The molecule has 0 saturated carbocycles. The molecule has 0 aromatic rings. The SMILES string of the molecule is CN1CCCC(NC(CCO)C(C)(C)C)C1. The largest absolute Gasteiger partial charge is 0.396 e. The summed E-state index contributed by atoms with van der Waals surface area (Å²) in [6.07, 6.45) is 3.40. The summed E-state index contributed by atoms with van der Waals surface area (Å²) in [5, 5.41) is 12.9. The van der Waals surface area contributed by atoms with Gasteiger partial charge in [-0.25, -0.2) is 0 Å². The first kappa shape index (κ1) is 13.9. The van der Waals surface area contributed by atoms with Gasteiger partial charge in [-0.15, -0.1) is 0 Å². The van der Waals surface area contributed by atoms with E-state index in [0.29, 0.717) is 12.1 Å². The van der Waals surface area contributed by atoms with E-state index in [-0.39, 0.29) is 12.0 Å². The van der Waals surface area contributed by atoms with Crippen molar-refractivity contribution < 1.29 is 5.11 Å². The Balaban J connectivity index is 2.47. The molecular weight excluding hydrogens is 200 g/mol. The number of likely N-dealkylation sites (N-methyl/N-ethyl adjacent to an activating group) is 1. The zero-order valence-electron chi connectivity index (χ0n) is 11.3. The van der Waals surface area contributed by atoms with Gasteiger partial charge in [0.2, 0.25) is 0 Å². The molecule has 1 heterocycles. The zero-order valence-corrected chi connectivity index (χ0v) is 11.3. The Labute approximate surface area is 100 Å². The minimum Gasteiger partial charge on any atom is -0.396 e. The molecule has 0 aromatic heterocycles. The molecule has 96 valence electrons. The van der Waals surface area contributed by atoms with Gasteiger partial charge in [0, 0.05) is 25.2 Å². The predicted molar refractivity (Wildman–Crippen MR) is 68.6 cm³/mol. The second-order valence-electron chi connectivity index (χ2n) is 6.20. The molecule has 1 rings (SSSR count). The second-order valence-corrected chi connectivity index (χ2v) is 6.20. The van der Waals surface area contributed by atoms with Gasteiger partial charge < -0.3 is 15.3 Å². The van der Waals surface area contributed by atoms with Gasteiger partial charge in [0.25, 0.3) is 0 Å². The highest BCUT2D eigenvalue weighted by atomic mass is 16.3. The van der Waals surface area contributed by atoms with E-state index in [1.165, 1.54) is 19.4 Å². The fourth-order valence-corrected chi connectivity index (χ4v) is 2.48. The van der Waals surface area contributed by atoms with Gasteiger partial charge in [-0.1, -0.05) is 20.8 Å². The number of piperidine rings is 1. The van der Waals surface area contributed by atoms with Crippen LogP contribution < -0.4 is 5.32 Å². The Hall–Kier alpha value is -0.120. The van der Waals surface area contributed by atoms with Crippen LogP contribution in [0.4, 0.5) is 0 Å². The van der Waals surface area contributed by atoms with Crippen molar-refractivity contribution in [1.29, 1.82) is 0 Å². The molecule has 1 fully saturated rings. The fraction of sp³-hybridized carbons (Fsp3) is 1.00. The average molecular weight is 228 g/mol. The summed E-state index contributed by atoms with van der Waals surface area (Å²) in [6.45, 7) is 9.36. The van der Waals surface area contributed by atoms with Crippen molar-refractivity contribution in [3.63, 3.8) is 0 Å². The standard InChI is InChI=1S/C13H28N2O/c1-13(2,3)12(7-9-16)14-11-6-5-8-15(4)10-11/h11-12,14,16H,5-10H2,1-4H3. The molecule has 0 aliphatic carbocycles. The maximum atomic E-state index is 9.13. The van der Waals surface area contributed by atoms with E-state index in [2.05, 4.69) is 38.0 Å². The van der Waals surface area contributed by atoms with Crippen LogP contribution in [0.3, 0.4) is 0 Å². The maximum absolute atomic E-state index is 9.13. The van der Waals surface area contributed by atoms with Crippen LogP contribution in [0.15, 0.2) is 0 Å². The predicted octanol–water partition coefficient (Wildman–Crippen LogP) is 1.47. The van der Waals surface area contributed by atoms with E-state index >= 15 is 0 Å². The molecule has 1 saturated heterocycles. The third kappa shape index (κ3) is 4.40. The average Bonchev–Trinajstić information content (AvgIpc) is 2.16. The summed E-state index contributed by atoms with van der Waals surface area (Å²) in [7, 11) is 2.19. The minimum atomic E-state index is 0.221. The van der Waals surface area contributed by atoms with E-state index in [1.807, 2.05) is 0 Å². The summed E-state index contributed by atoms with van der Waals surface area (Å²) >= 11 is 0. The smallest absolute Gasteiger partial charge is 0.0446 e. The van der Waals surface area contributed by atoms with Gasteiger partial charge in [-0.2, -0.15) is 0 Å². The van der Waals surface area contributed by atoms with Gasteiger partial charge in [0.15, 0.2) is 0 Å². The topological polar surface area (TPSA) is 35.5 Å². The van der Waals surface area contributed by atoms with E-state index in [4.69, 9.17) is 5.11 Å². The number of aliphatic hydroxyl groups is 1. The van der Waals surface area contributed by atoms with Crippen LogP contribution in [0.5, 0.6) is 0 Å². The van der Waals surface area contributed by atoms with Crippen molar-refractivity contribution >= 4 is 0 Å². The summed E-state index contributed by atoms with van der Waals surface area (Å²) in [6, 6.07) is 1.00. The van der Waals surface area contributed by atoms with E-state index in [1.54, 1.807) is 0 Å². The first-order valence-corrected chi connectivity index (χ1v) is 6.49. The van der Waals surface area contributed by atoms with Crippen molar-refractivity contribution in [3.8, 4) is 0 Å². The first-order valence-electron chi connectivity index (χ1n) is 6.49. The highest BCUT2D eigenvalue weighted by Gasteiger charge is 2.27. The van der Waals surface area contributed by atoms with Crippen LogP contribution in [0, 0.1) is 5.41 Å². The van der Waals surface area contributed by atoms with Crippen LogP contribution in [0.25, 0.3) is 0 Å². The highest BCUT2D eigenvalue weighted by Crippen LogP contribution is 2.23. The fourth-order valence-electron chi connectivity index (χ4n) is 2.48. The molecule has 2 atom stereocenters. The lowest BCUT2D eigenvalue weighted by molar-refractivity contribution is 0.153. The Morgan fingerprint density at radius 3 is 2.62 bits per heavy atom. The third-order valence-electron chi connectivity index (χ3n) is 3.52. The molecule has 3 nitrogen and oxygen atoms in total. The van der Waals surface area contributed by atoms with Gasteiger partial charge in [-0.05, 0) is 38.3 Å². The first-order chi connectivity index (χ1) is 7.43. The Morgan fingerprint density at radius 1 is 1.44 bits per heavy atom. The molecule has 16 heavy (non-hydrogen) atoms. The van der Waals surface area contributed by atoms with Crippen LogP contribution in [-0.2, 0) is 0 Å². The molecule has 3 heteroatoms. The quantitative estimate of drug-likeness (QED) is 0.765. The Morgan fingerprint density at radius 2 is 2.12 bits per heavy atom. The molecular formula is C13H28N2O. The number of nitrogens with zero attached hydrogens (tertiary/aromatic N) is 1. The lowest BCUT2D eigenvalue weighted by atomic mass is 9.84. The summed E-state index contributed by atoms with van der Waals surface area (Å²) in [4.78, 5) is 2.39. The summed E-state index contributed by atoms with van der Waals surface area (Å²) < 4.78 is 0. The van der Waals surface area contributed by atoms with Crippen LogP contribution in [-0.4, -0.2) is 48.8 Å². The van der Waals surface area contributed by atoms with Gasteiger partial charge in [0.1, 0.15) is 0 Å². The second kappa shape index (κ2) is 5.99. The number of rotatable bonds is 4. The van der Waals surface area contributed by atoms with Crippen LogP contribution in [0.2, 0.25) is 0 Å². The molecule has 0 amide bonds. The Kier molecular flexibility index (Phi) is 5.22. The molecule has 2 N–H and O–H groups in total. The van der Waals surface area contributed by atoms with Crippen LogP contribution in [0.1, 0.15) is 40.0 Å². The van der Waals surface area contributed by atoms with E-state index in [0.717, 1.165) is 13.0 Å². The van der Waals surface area contributed by atoms with Gasteiger partial charge in [0.05, 0.1) is 0 Å². The molecule has 0 aromatic carbocycles. The number of likely N-dealkylation sites (tertiary alicyclic amines) is 1. The Bertz CT molecular complexity index is 201. The van der Waals surface area contributed by atoms with E-state index < -0.39 is 0 Å². The van der Waals surface area contributed by atoms with Crippen LogP contribution >= 0.6 is 0 Å². The summed E-state index contributed by atoms with van der Waals surface area (Å²) in [5.41, 5.74) is 0.221. The lowest BCUT2D eigenvalue weighted by Gasteiger charge is -2.38. The van der Waals surface area contributed by atoms with Crippen molar-refractivity contribution in [1.82, 2.24) is 10.2 Å². The summed E-state index contributed by atoms with van der Waals surface area (Å²) in [5.74, 6) is 0. The zero-order chi connectivity index (χ0) is 12.2. The molecule has 0 bridgehead atoms. The minimum absolute atomic E-state index is 0.221. The molecule has 1 aliphatic heterocycles. The number of nitrogens with one attached hydrogen (secondary N) is 1. The van der Waals surface area contributed by atoms with Crippen molar-refractivity contribution in [2.75, 3.05) is 26.7 Å². The maximum Gasteiger partial charge on any atom is 0.0446 e. The lowest BCUT2D eigenvalue weighted by Crippen LogP contribution is -2.52. The number of hydrogen-bond donors (Lipinski definition) is 2. The van der Waals surface area contributed by atoms with Crippen molar-refractivity contribution in [2.24, 2.45) is 5.41 Å². The van der Waals surface area contributed by atoms with Crippen molar-refractivity contribution in [3.05, 3.63) is 0 Å². The number of hydrogen-bond acceptors (Lipinski definition) is 3. The molecule has 0 radical (unpaired) electrons. The number of aliphatic hydroxyl groups excluding tert-OH is 1. The third-order valence-corrected chi connectivity index (χ3v) is 3.52. The molecule has 2 unspecified atom stereocenters. The van der Waals surface area contributed by atoms with Crippen molar-refractivity contribution in [2.45, 2.75) is 52.1 Å². The van der Waals surface area contributed by atoms with Gasteiger partial charge in [-0.3, -0.25) is 0 Å². The normalized spacial score (nSPS) is 25.7. The highest BCUT2D eigenvalue weighted by molar-refractivity contribution is 4.86. The molecule has 0 spiro atoms. The molecule has 1 aliphatic rings. The van der Waals surface area contributed by atoms with Gasteiger partial charge >= 0.3 is 0 Å².